The Morgan fingerprint density at radius 1 is 1.53 bits per heavy atom. The van der Waals surface area contributed by atoms with Gasteiger partial charge in [-0.25, -0.2) is 0 Å². The second-order valence-corrected chi connectivity index (χ2v) is 5.36. The van der Waals surface area contributed by atoms with Crippen LogP contribution in [0.4, 0.5) is 0 Å². The van der Waals surface area contributed by atoms with Crippen LogP contribution in [0.25, 0.3) is 0 Å². The van der Waals surface area contributed by atoms with Gasteiger partial charge in [0.2, 0.25) is 0 Å². The minimum Gasteiger partial charge on any atom is -0.393 e. The lowest BCUT2D eigenvalue weighted by Gasteiger charge is -2.09. The summed E-state index contributed by atoms with van der Waals surface area (Å²) in [5.41, 5.74) is 0.954. The molecule has 0 aliphatic heterocycles. The molecule has 15 heavy (non-hydrogen) atoms. The van der Waals surface area contributed by atoms with Gasteiger partial charge in [-0.15, -0.1) is 0 Å². The first-order valence-electron chi connectivity index (χ1n) is 5.00. The van der Waals surface area contributed by atoms with Gasteiger partial charge >= 0.3 is 0 Å². The van der Waals surface area contributed by atoms with Crippen LogP contribution in [0.5, 0.6) is 0 Å². The topological polar surface area (TPSA) is 33.1 Å². The summed E-state index contributed by atoms with van der Waals surface area (Å²) in [6, 6.07) is 3.90. The lowest BCUT2D eigenvalue weighted by molar-refractivity contribution is 0.163. The third-order valence-electron chi connectivity index (χ3n) is 2.12. The van der Waals surface area contributed by atoms with Crippen molar-refractivity contribution >= 4 is 27.7 Å². The van der Waals surface area contributed by atoms with Gasteiger partial charge in [-0.2, -0.15) is 11.8 Å². The summed E-state index contributed by atoms with van der Waals surface area (Å²) in [6.45, 7) is 0. The quantitative estimate of drug-likeness (QED) is 0.818. The highest BCUT2D eigenvalue weighted by Crippen LogP contribution is 2.11. The van der Waals surface area contributed by atoms with E-state index in [4.69, 9.17) is 0 Å². The van der Waals surface area contributed by atoms with Gasteiger partial charge < -0.3 is 5.11 Å². The zero-order valence-electron chi connectivity index (χ0n) is 8.82. The number of pyridine rings is 1. The van der Waals surface area contributed by atoms with E-state index in [1.165, 1.54) is 0 Å². The van der Waals surface area contributed by atoms with E-state index < -0.39 is 0 Å². The van der Waals surface area contributed by atoms with Crippen molar-refractivity contribution < 1.29 is 5.11 Å². The molecule has 4 heteroatoms. The number of thioether (sulfide) groups is 1. The fraction of sp³-hybridized carbons (Fsp3) is 0.545. The number of nitrogens with zero attached hydrogens (tertiary/aromatic N) is 1. The van der Waals surface area contributed by atoms with E-state index in [2.05, 4.69) is 27.2 Å². The molecule has 1 heterocycles. The second kappa shape index (κ2) is 7.25. The number of rotatable bonds is 6. The van der Waals surface area contributed by atoms with Crippen molar-refractivity contribution in [2.75, 3.05) is 12.0 Å². The molecule has 1 rings (SSSR count). The van der Waals surface area contributed by atoms with Crippen molar-refractivity contribution in [2.45, 2.75) is 25.4 Å². The van der Waals surface area contributed by atoms with E-state index in [0.29, 0.717) is 6.42 Å². The third kappa shape index (κ3) is 5.54. The van der Waals surface area contributed by atoms with Gasteiger partial charge in [0.05, 0.1) is 6.10 Å². The molecular formula is C11H16BrNOS. The van der Waals surface area contributed by atoms with Crippen LogP contribution in [-0.4, -0.2) is 28.2 Å². The van der Waals surface area contributed by atoms with Crippen LogP contribution >= 0.6 is 27.7 Å². The second-order valence-electron chi connectivity index (χ2n) is 3.46. The van der Waals surface area contributed by atoms with E-state index in [9.17, 15) is 5.11 Å². The molecule has 0 fully saturated rings. The monoisotopic (exact) mass is 289 g/mol. The first kappa shape index (κ1) is 13.0. The van der Waals surface area contributed by atoms with E-state index in [1.807, 2.05) is 23.9 Å². The van der Waals surface area contributed by atoms with Gasteiger partial charge in [0, 0.05) is 22.8 Å². The number of hydrogen-bond donors (Lipinski definition) is 1. The number of halogens is 1. The summed E-state index contributed by atoms with van der Waals surface area (Å²) in [4.78, 5) is 4.23. The van der Waals surface area contributed by atoms with Crippen LogP contribution in [0, 0.1) is 0 Å². The molecule has 1 aromatic heterocycles. The Labute approximate surface area is 104 Å². The molecule has 0 aliphatic carbocycles. The molecule has 0 radical (unpaired) electrons. The molecule has 0 aliphatic rings. The molecule has 1 unspecified atom stereocenters. The van der Waals surface area contributed by atoms with E-state index in [-0.39, 0.29) is 6.10 Å². The van der Waals surface area contributed by atoms with Crippen molar-refractivity contribution in [1.82, 2.24) is 4.98 Å². The van der Waals surface area contributed by atoms with E-state index in [0.717, 1.165) is 28.8 Å². The maximum atomic E-state index is 9.74. The summed E-state index contributed by atoms with van der Waals surface area (Å²) in [5, 5.41) is 9.74. The third-order valence-corrected chi connectivity index (χ3v) is 3.29. The van der Waals surface area contributed by atoms with Crippen LogP contribution in [-0.2, 0) is 6.42 Å². The molecule has 0 spiro atoms. The zero-order valence-corrected chi connectivity index (χ0v) is 11.2. The smallest absolute Gasteiger partial charge is 0.0595 e. The largest absolute Gasteiger partial charge is 0.393 e. The first-order valence-corrected chi connectivity index (χ1v) is 7.18. The van der Waals surface area contributed by atoms with Gasteiger partial charge in [0.25, 0.3) is 0 Å². The minimum absolute atomic E-state index is 0.258. The molecule has 0 amide bonds. The van der Waals surface area contributed by atoms with Crippen molar-refractivity contribution in [3.8, 4) is 0 Å². The Morgan fingerprint density at radius 3 is 2.93 bits per heavy atom. The summed E-state index contributed by atoms with van der Waals surface area (Å²) in [6.07, 6.45) is 6.18. The molecule has 1 aromatic rings. The fourth-order valence-corrected chi connectivity index (χ4v) is 2.02. The number of aliphatic hydroxyl groups excluding tert-OH is 1. The average Bonchev–Trinajstić information content (AvgIpc) is 2.22. The summed E-state index contributed by atoms with van der Waals surface area (Å²) < 4.78 is 0.975. The van der Waals surface area contributed by atoms with Crippen LogP contribution in [0.1, 0.15) is 18.5 Å². The van der Waals surface area contributed by atoms with Crippen molar-refractivity contribution in [3.63, 3.8) is 0 Å². The lowest BCUT2D eigenvalue weighted by Crippen LogP contribution is -2.11. The van der Waals surface area contributed by atoms with Gasteiger partial charge in [0.1, 0.15) is 0 Å². The Balaban J connectivity index is 2.31. The molecular weight excluding hydrogens is 274 g/mol. The van der Waals surface area contributed by atoms with Crippen LogP contribution in [0.2, 0.25) is 0 Å². The van der Waals surface area contributed by atoms with Crippen molar-refractivity contribution in [2.24, 2.45) is 0 Å². The van der Waals surface area contributed by atoms with Crippen LogP contribution in [0.3, 0.4) is 0 Å². The van der Waals surface area contributed by atoms with Crippen molar-refractivity contribution in [1.29, 1.82) is 0 Å². The molecule has 0 aromatic carbocycles. The van der Waals surface area contributed by atoms with E-state index in [1.54, 1.807) is 6.20 Å². The molecule has 1 N–H and O–H groups in total. The maximum absolute atomic E-state index is 9.74. The van der Waals surface area contributed by atoms with E-state index >= 15 is 0 Å². The molecule has 0 saturated heterocycles. The number of aromatic nitrogens is 1. The SMILES string of the molecule is CSCCCC(O)Cc1ccc(Br)cn1. The van der Waals surface area contributed by atoms with Gasteiger partial charge in [-0.3, -0.25) is 4.98 Å². The highest BCUT2D eigenvalue weighted by Gasteiger charge is 2.05. The normalized spacial score (nSPS) is 12.7. The molecule has 84 valence electrons. The zero-order chi connectivity index (χ0) is 11.1. The molecule has 0 bridgehead atoms. The van der Waals surface area contributed by atoms with Gasteiger partial charge in [0.15, 0.2) is 0 Å². The lowest BCUT2D eigenvalue weighted by atomic mass is 10.1. The number of aliphatic hydroxyl groups is 1. The fourth-order valence-electron chi connectivity index (χ4n) is 1.33. The molecule has 0 saturated carbocycles. The molecule has 2 nitrogen and oxygen atoms in total. The minimum atomic E-state index is -0.258. The van der Waals surface area contributed by atoms with Crippen LogP contribution in [0.15, 0.2) is 22.8 Å². The Morgan fingerprint density at radius 2 is 2.33 bits per heavy atom. The highest BCUT2D eigenvalue weighted by molar-refractivity contribution is 9.10. The Bertz CT molecular complexity index is 278. The first-order chi connectivity index (χ1) is 7.22. The maximum Gasteiger partial charge on any atom is 0.0595 e. The van der Waals surface area contributed by atoms with Gasteiger partial charge in [-0.1, -0.05) is 0 Å². The number of hydrogen-bond acceptors (Lipinski definition) is 3. The Kier molecular flexibility index (Phi) is 6.29. The summed E-state index contributed by atoms with van der Waals surface area (Å²) in [5.74, 6) is 1.12. The Hall–Kier alpha value is -0.0600. The van der Waals surface area contributed by atoms with Gasteiger partial charge in [-0.05, 0) is 52.9 Å². The standard InChI is InChI=1S/C11H16BrNOS/c1-15-6-2-3-11(14)7-10-5-4-9(12)8-13-10/h4-5,8,11,14H,2-3,6-7H2,1H3. The average molecular weight is 290 g/mol. The highest BCUT2D eigenvalue weighted by atomic mass is 79.9. The summed E-state index contributed by atoms with van der Waals surface area (Å²) in [7, 11) is 0. The predicted molar refractivity (Wildman–Crippen MR) is 69.3 cm³/mol. The molecule has 1 atom stereocenters. The predicted octanol–water partition coefficient (Wildman–Crippen LogP) is 2.89. The van der Waals surface area contributed by atoms with Crippen molar-refractivity contribution in [3.05, 3.63) is 28.5 Å². The van der Waals surface area contributed by atoms with Crippen LogP contribution < -0.4 is 0 Å². The summed E-state index contributed by atoms with van der Waals surface area (Å²) >= 11 is 5.15.